The third-order valence-corrected chi connectivity index (χ3v) is 1.50. The minimum Gasteiger partial charge on any atom is -0.455 e. The van der Waals surface area contributed by atoms with E-state index in [1.165, 1.54) is 0 Å². The minimum atomic E-state index is -0.785. The van der Waals surface area contributed by atoms with Crippen LogP contribution in [-0.4, -0.2) is 23.0 Å². The topological polar surface area (TPSA) is 69.4 Å². The van der Waals surface area contributed by atoms with E-state index in [0.29, 0.717) is 6.42 Å². The fraction of sp³-hybridized carbons (Fsp3) is 0.857. The Labute approximate surface area is 70.9 Å². The predicted octanol–water partition coefficient (Wildman–Crippen LogP) is 0.995. The van der Waals surface area contributed by atoms with Crippen LogP contribution in [0.4, 0.5) is 0 Å². The standard InChI is InChI=1S/C7H13NO4/c1-4-7(2,3)12-6(9)5-8(10)11/h4-5H2,1-3H3. The Balaban J connectivity index is 3.92. The molecule has 0 amide bonds. The highest BCUT2D eigenvalue weighted by molar-refractivity contribution is 5.70. The normalized spacial score (nSPS) is 10.9. The van der Waals surface area contributed by atoms with Crippen molar-refractivity contribution in [1.29, 1.82) is 0 Å². The maximum Gasteiger partial charge on any atom is 0.379 e. The molecule has 0 aromatic heterocycles. The van der Waals surface area contributed by atoms with Crippen LogP contribution in [0.3, 0.4) is 0 Å². The monoisotopic (exact) mass is 175 g/mol. The van der Waals surface area contributed by atoms with Gasteiger partial charge in [0.25, 0.3) is 6.54 Å². The van der Waals surface area contributed by atoms with Crippen LogP contribution in [0, 0.1) is 10.1 Å². The second-order valence-corrected chi connectivity index (χ2v) is 3.08. The molecule has 0 N–H and O–H groups in total. The molecule has 0 spiro atoms. The smallest absolute Gasteiger partial charge is 0.379 e. The lowest BCUT2D eigenvalue weighted by Gasteiger charge is -2.21. The molecule has 0 aliphatic heterocycles. The molecule has 0 aromatic carbocycles. The molecular weight excluding hydrogens is 162 g/mol. The summed E-state index contributed by atoms with van der Waals surface area (Å²) in [7, 11) is 0. The second kappa shape index (κ2) is 4.04. The highest BCUT2D eigenvalue weighted by Crippen LogP contribution is 2.13. The Morgan fingerprint density at radius 1 is 1.58 bits per heavy atom. The van der Waals surface area contributed by atoms with Crippen LogP contribution in [0.15, 0.2) is 0 Å². The Morgan fingerprint density at radius 3 is 2.42 bits per heavy atom. The highest BCUT2D eigenvalue weighted by Gasteiger charge is 2.22. The molecule has 70 valence electrons. The van der Waals surface area contributed by atoms with E-state index < -0.39 is 23.0 Å². The van der Waals surface area contributed by atoms with Crippen molar-refractivity contribution in [1.82, 2.24) is 0 Å². The van der Waals surface area contributed by atoms with Gasteiger partial charge < -0.3 is 4.74 Å². The summed E-state index contributed by atoms with van der Waals surface area (Å²) in [6, 6.07) is 0. The first-order valence-corrected chi connectivity index (χ1v) is 3.71. The van der Waals surface area contributed by atoms with E-state index in [2.05, 4.69) is 0 Å². The van der Waals surface area contributed by atoms with Gasteiger partial charge in [0.15, 0.2) is 0 Å². The molecule has 0 aliphatic carbocycles. The first-order chi connectivity index (χ1) is 5.37. The number of ether oxygens (including phenoxy) is 1. The van der Waals surface area contributed by atoms with Crippen molar-refractivity contribution in [3.63, 3.8) is 0 Å². The number of nitrogens with zero attached hydrogens (tertiary/aromatic N) is 1. The van der Waals surface area contributed by atoms with E-state index in [0.717, 1.165) is 0 Å². The number of nitro groups is 1. The lowest BCUT2D eigenvalue weighted by atomic mass is 10.1. The molecule has 0 saturated carbocycles. The number of esters is 1. The average Bonchev–Trinajstić information content (AvgIpc) is 1.84. The van der Waals surface area contributed by atoms with E-state index in [1.54, 1.807) is 13.8 Å². The Bertz CT molecular complexity index is 188. The van der Waals surface area contributed by atoms with Gasteiger partial charge in [0.2, 0.25) is 0 Å². The van der Waals surface area contributed by atoms with Crippen LogP contribution in [0.5, 0.6) is 0 Å². The van der Waals surface area contributed by atoms with E-state index in [4.69, 9.17) is 4.74 Å². The molecule has 0 unspecified atom stereocenters. The SMILES string of the molecule is CCC(C)(C)OC(=O)C[N+](=O)[O-]. The summed E-state index contributed by atoms with van der Waals surface area (Å²) < 4.78 is 4.82. The zero-order valence-electron chi connectivity index (χ0n) is 7.49. The van der Waals surface area contributed by atoms with E-state index in [9.17, 15) is 14.9 Å². The summed E-state index contributed by atoms with van der Waals surface area (Å²) in [5.74, 6) is -0.785. The van der Waals surface area contributed by atoms with Gasteiger partial charge in [-0.2, -0.15) is 0 Å². The van der Waals surface area contributed by atoms with E-state index >= 15 is 0 Å². The van der Waals surface area contributed by atoms with Crippen molar-refractivity contribution >= 4 is 5.97 Å². The van der Waals surface area contributed by atoms with Gasteiger partial charge in [-0.3, -0.25) is 10.1 Å². The fourth-order valence-corrected chi connectivity index (χ4v) is 0.518. The predicted molar refractivity (Wildman–Crippen MR) is 42.3 cm³/mol. The van der Waals surface area contributed by atoms with Crippen LogP contribution >= 0.6 is 0 Å². The average molecular weight is 175 g/mol. The molecule has 0 heterocycles. The van der Waals surface area contributed by atoms with Crippen LogP contribution in [0.1, 0.15) is 27.2 Å². The molecule has 0 aliphatic rings. The molecule has 0 rings (SSSR count). The zero-order valence-corrected chi connectivity index (χ0v) is 7.49. The Morgan fingerprint density at radius 2 is 2.08 bits per heavy atom. The molecule has 0 radical (unpaired) electrons. The number of hydrogen-bond donors (Lipinski definition) is 0. The number of rotatable bonds is 4. The van der Waals surface area contributed by atoms with Gasteiger partial charge in [-0.05, 0) is 20.3 Å². The third-order valence-electron chi connectivity index (χ3n) is 1.50. The van der Waals surface area contributed by atoms with Gasteiger partial charge in [0.05, 0.1) is 0 Å². The summed E-state index contributed by atoms with van der Waals surface area (Å²) in [6.45, 7) is 4.51. The second-order valence-electron chi connectivity index (χ2n) is 3.08. The number of carbonyl (C=O) groups is 1. The van der Waals surface area contributed by atoms with Crippen molar-refractivity contribution in [3.8, 4) is 0 Å². The molecule has 0 aromatic rings. The largest absolute Gasteiger partial charge is 0.455 e. The summed E-state index contributed by atoms with van der Waals surface area (Å²) in [5, 5.41) is 9.89. The summed E-state index contributed by atoms with van der Waals surface area (Å²) >= 11 is 0. The van der Waals surface area contributed by atoms with Crippen molar-refractivity contribution in [2.45, 2.75) is 32.8 Å². The summed E-state index contributed by atoms with van der Waals surface area (Å²) in [6.07, 6.45) is 0.635. The molecule has 5 nitrogen and oxygen atoms in total. The molecular formula is C7H13NO4. The zero-order chi connectivity index (χ0) is 9.78. The molecule has 0 atom stereocenters. The van der Waals surface area contributed by atoms with Gasteiger partial charge in [0.1, 0.15) is 5.60 Å². The highest BCUT2D eigenvalue weighted by atomic mass is 16.6. The van der Waals surface area contributed by atoms with Gasteiger partial charge in [-0.15, -0.1) is 0 Å². The van der Waals surface area contributed by atoms with E-state index in [1.807, 2.05) is 6.92 Å². The molecule has 0 bridgehead atoms. The van der Waals surface area contributed by atoms with Crippen molar-refractivity contribution in [3.05, 3.63) is 10.1 Å². The lowest BCUT2D eigenvalue weighted by Crippen LogP contribution is -2.30. The molecule has 0 saturated heterocycles. The Kier molecular flexibility index (Phi) is 3.66. The van der Waals surface area contributed by atoms with Crippen molar-refractivity contribution in [2.24, 2.45) is 0 Å². The maximum absolute atomic E-state index is 10.8. The van der Waals surface area contributed by atoms with Gasteiger partial charge in [-0.25, -0.2) is 4.79 Å². The third kappa shape index (κ3) is 4.65. The van der Waals surface area contributed by atoms with Crippen LogP contribution < -0.4 is 0 Å². The summed E-state index contributed by atoms with van der Waals surface area (Å²) in [5.41, 5.74) is -0.604. The first kappa shape index (κ1) is 10.9. The van der Waals surface area contributed by atoms with Gasteiger partial charge in [0, 0.05) is 4.92 Å². The fourth-order valence-electron chi connectivity index (χ4n) is 0.518. The van der Waals surface area contributed by atoms with Crippen LogP contribution in [0.25, 0.3) is 0 Å². The first-order valence-electron chi connectivity index (χ1n) is 3.71. The molecule has 0 fully saturated rings. The molecule has 5 heteroatoms. The van der Waals surface area contributed by atoms with Crippen LogP contribution in [-0.2, 0) is 9.53 Å². The van der Waals surface area contributed by atoms with Crippen LogP contribution in [0.2, 0.25) is 0 Å². The number of carbonyl (C=O) groups excluding carboxylic acids is 1. The van der Waals surface area contributed by atoms with Crippen molar-refractivity contribution in [2.75, 3.05) is 6.54 Å². The van der Waals surface area contributed by atoms with E-state index in [-0.39, 0.29) is 0 Å². The van der Waals surface area contributed by atoms with Gasteiger partial charge in [-0.1, -0.05) is 6.92 Å². The lowest BCUT2D eigenvalue weighted by molar-refractivity contribution is -0.470. The Hall–Kier alpha value is -1.13. The minimum absolute atomic E-state index is 0.604. The van der Waals surface area contributed by atoms with Gasteiger partial charge >= 0.3 is 5.97 Å². The molecule has 12 heavy (non-hydrogen) atoms. The summed E-state index contributed by atoms with van der Waals surface area (Å²) in [4.78, 5) is 20.0. The maximum atomic E-state index is 10.8. The van der Waals surface area contributed by atoms with Crippen molar-refractivity contribution < 1.29 is 14.5 Å². The quantitative estimate of drug-likeness (QED) is 0.363. The number of hydrogen-bond acceptors (Lipinski definition) is 4.